The first kappa shape index (κ1) is 13.8. The Bertz CT molecular complexity index is 446. The van der Waals surface area contributed by atoms with Gasteiger partial charge in [0, 0.05) is 13.1 Å². The lowest BCUT2D eigenvalue weighted by Crippen LogP contribution is -2.42. The highest BCUT2D eigenvalue weighted by Crippen LogP contribution is 2.18. The molecule has 0 aliphatic carbocycles. The first-order valence-electron chi connectivity index (χ1n) is 6.61. The number of hydrogen-bond donors (Lipinski definition) is 1. The summed E-state index contributed by atoms with van der Waals surface area (Å²) in [5.74, 6) is 0. The minimum atomic E-state index is -0.842. The summed E-state index contributed by atoms with van der Waals surface area (Å²) < 4.78 is 0. The minimum Gasteiger partial charge on any atom is -0.376 e. The van der Waals surface area contributed by atoms with Gasteiger partial charge in [0.25, 0.3) is 0 Å². The summed E-state index contributed by atoms with van der Waals surface area (Å²) in [4.78, 5) is 2.07. The average Bonchev–Trinajstić information content (AvgIpc) is 2.39. The molecule has 2 aromatic carbocycles. The van der Waals surface area contributed by atoms with Crippen LogP contribution in [0.4, 0.5) is 0 Å². The third-order valence-electron chi connectivity index (χ3n) is 3.21. The Morgan fingerprint density at radius 2 is 1.16 bits per heavy atom. The van der Waals surface area contributed by atoms with Gasteiger partial charge in [0.15, 0.2) is 0 Å². The highest BCUT2D eigenvalue weighted by atomic mass is 16.3. The Labute approximate surface area is 115 Å². The van der Waals surface area contributed by atoms with Crippen molar-refractivity contribution in [1.82, 2.24) is 4.90 Å². The van der Waals surface area contributed by atoms with Crippen molar-refractivity contribution in [3.63, 3.8) is 0 Å². The summed E-state index contributed by atoms with van der Waals surface area (Å²) in [7, 11) is 0. The molecule has 0 aliphatic heterocycles. The molecule has 0 saturated carbocycles. The van der Waals surface area contributed by atoms with Crippen LogP contribution in [0, 0.1) is 0 Å². The van der Waals surface area contributed by atoms with E-state index in [0.717, 1.165) is 13.1 Å². The SMILES string of the molecule is CC(C)(O)N(Cc1ccccc1)Cc1ccccc1. The van der Waals surface area contributed by atoms with Crippen molar-refractivity contribution in [3.05, 3.63) is 71.8 Å². The lowest BCUT2D eigenvalue weighted by Gasteiger charge is -2.34. The van der Waals surface area contributed by atoms with Crippen molar-refractivity contribution in [2.45, 2.75) is 32.7 Å². The smallest absolute Gasteiger partial charge is 0.113 e. The predicted molar refractivity (Wildman–Crippen MR) is 78.4 cm³/mol. The molecule has 2 rings (SSSR count). The van der Waals surface area contributed by atoms with Crippen LogP contribution in [0.1, 0.15) is 25.0 Å². The lowest BCUT2D eigenvalue weighted by molar-refractivity contribution is -0.0890. The van der Waals surface area contributed by atoms with Crippen LogP contribution in [0.15, 0.2) is 60.7 Å². The second-order valence-electron chi connectivity index (χ2n) is 5.32. The maximum absolute atomic E-state index is 10.3. The third-order valence-corrected chi connectivity index (χ3v) is 3.21. The van der Waals surface area contributed by atoms with Gasteiger partial charge in [-0.2, -0.15) is 0 Å². The van der Waals surface area contributed by atoms with Crippen LogP contribution in [0.3, 0.4) is 0 Å². The molecule has 0 amide bonds. The van der Waals surface area contributed by atoms with E-state index in [9.17, 15) is 5.11 Å². The molecule has 0 aromatic heterocycles. The van der Waals surface area contributed by atoms with Crippen molar-refractivity contribution in [2.75, 3.05) is 0 Å². The monoisotopic (exact) mass is 255 g/mol. The van der Waals surface area contributed by atoms with Gasteiger partial charge in [0.1, 0.15) is 5.72 Å². The number of nitrogens with zero attached hydrogens (tertiary/aromatic N) is 1. The molecule has 0 heterocycles. The lowest BCUT2D eigenvalue weighted by atomic mass is 10.1. The van der Waals surface area contributed by atoms with Crippen molar-refractivity contribution < 1.29 is 5.11 Å². The van der Waals surface area contributed by atoms with Gasteiger partial charge in [-0.15, -0.1) is 0 Å². The second-order valence-corrected chi connectivity index (χ2v) is 5.32. The molecule has 0 bridgehead atoms. The Hall–Kier alpha value is -1.64. The van der Waals surface area contributed by atoms with E-state index in [4.69, 9.17) is 0 Å². The summed E-state index contributed by atoms with van der Waals surface area (Å²) in [6.45, 7) is 5.14. The summed E-state index contributed by atoms with van der Waals surface area (Å²) in [6, 6.07) is 20.5. The first-order valence-corrected chi connectivity index (χ1v) is 6.61. The first-order chi connectivity index (χ1) is 9.05. The van der Waals surface area contributed by atoms with Gasteiger partial charge in [-0.05, 0) is 25.0 Å². The van der Waals surface area contributed by atoms with Crippen LogP contribution >= 0.6 is 0 Å². The van der Waals surface area contributed by atoms with Gasteiger partial charge in [0.05, 0.1) is 0 Å². The summed E-state index contributed by atoms with van der Waals surface area (Å²) in [5.41, 5.74) is 1.58. The van der Waals surface area contributed by atoms with E-state index in [1.165, 1.54) is 11.1 Å². The Balaban J connectivity index is 2.13. The predicted octanol–water partition coefficient (Wildman–Crippen LogP) is 3.42. The molecule has 0 saturated heterocycles. The molecule has 0 unspecified atom stereocenters. The van der Waals surface area contributed by atoms with Crippen LogP contribution in [-0.4, -0.2) is 15.7 Å². The fourth-order valence-corrected chi connectivity index (χ4v) is 2.05. The molecule has 2 heteroatoms. The van der Waals surface area contributed by atoms with Crippen molar-refractivity contribution in [3.8, 4) is 0 Å². The Morgan fingerprint density at radius 3 is 1.47 bits per heavy atom. The Morgan fingerprint density at radius 1 is 0.789 bits per heavy atom. The topological polar surface area (TPSA) is 23.5 Å². The van der Waals surface area contributed by atoms with Crippen LogP contribution < -0.4 is 0 Å². The van der Waals surface area contributed by atoms with Crippen LogP contribution in [-0.2, 0) is 13.1 Å². The highest BCUT2D eigenvalue weighted by Gasteiger charge is 2.23. The van der Waals surface area contributed by atoms with E-state index < -0.39 is 5.72 Å². The Kier molecular flexibility index (Phi) is 4.35. The molecule has 0 aliphatic rings. The maximum atomic E-state index is 10.3. The minimum absolute atomic E-state index is 0.735. The van der Waals surface area contributed by atoms with Crippen molar-refractivity contribution in [2.24, 2.45) is 0 Å². The van der Waals surface area contributed by atoms with Crippen LogP contribution in [0.5, 0.6) is 0 Å². The van der Waals surface area contributed by atoms with Crippen LogP contribution in [0.25, 0.3) is 0 Å². The summed E-state index contributed by atoms with van der Waals surface area (Å²) >= 11 is 0. The molecular formula is C17H21NO. The van der Waals surface area contributed by atoms with E-state index in [1.807, 2.05) is 50.2 Å². The molecule has 100 valence electrons. The summed E-state index contributed by atoms with van der Waals surface area (Å²) in [5, 5.41) is 10.3. The van der Waals surface area contributed by atoms with Gasteiger partial charge in [-0.3, -0.25) is 4.90 Å². The quantitative estimate of drug-likeness (QED) is 0.828. The van der Waals surface area contributed by atoms with E-state index in [2.05, 4.69) is 29.2 Å². The van der Waals surface area contributed by atoms with E-state index >= 15 is 0 Å². The fraction of sp³-hybridized carbons (Fsp3) is 0.294. The molecule has 0 atom stereocenters. The third kappa shape index (κ3) is 4.19. The second kappa shape index (κ2) is 6.00. The molecule has 0 radical (unpaired) electrons. The molecule has 2 aromatic rings. The van der Waals surface area contributed by atoms with Crippen LogP contribution in [0.2, 0.25) is 0 Å². The number of hydrogen-bond acceptors (Lipinski definition) is 2. The summed E-state index contributed by atoms with van der Waals surface area (Å²) in [6.07, 6.45) is 0. The normalized spacial score (nSPS) is 11.8. The zero-order valence-electron chi connectivity index (χ0n) is 11.6. The largest absolute Gasteiger partial charge is 0.376 e. The number of benzene rings is 2. The van der Waals surface area contributed by atoms with E-state index in [-0.39, 0.29) is 0 Å². The molecule has 1 N–H and O–H groups in total. The molecule has 0 fully saturated rings. The molecule has 19 heavy (non-hydrogen) atoms. The molecular weight excluding hydrogens is 234 g/mol. The van der Waals surface area contributed by atoms with Crippen molar-refractivity contribution >= 4 is 0 Å². The molecule has 2 nitrogen and oxygen atoms in total. The maximum Gasteiger partial charge on any atom is 0.113 e. The van der Waals surface area contributed by atoms with Gasteiger partial charge in [-0.1, -0.05) is 60.7 Å². The van der Waals surface area contributed by atoms with E-state index in [0.29, 0.717) is 0 Å². The zero-order chi connectivity index (χ0) is 13.7. The van der Waals surface area contributed by atoms with Gasteiger partial charge >= 0.3 is 0 Å². The van der Waals surface area contributed by atoms with Gasteiger partial charge in [0.2, 0.25) is 0 Å². The average molecular weight is 255 g/mol. The molecule has 0 spiro atoms. The van der Waals surface area contributed by atoms with E-state index in [1.54, 1.807) is 0 Å². The fourth-order valence-electron chi connectivity index (χ4n) is 2.05. The van der Waals surface area contributed by atoms with Gasteiger partial charge in [-0.25, -0.2) is 0 Å². The standard InChI is InChI=1S/C17H21NO/c1-17(2,19)18(13-15-9-5-3-6-10-15)14-16-11-7-4-8-12-16/h3-12,19H,13-14H2,1-2H3. The number of rotatable bonds is 5. The van der Waals surface area contributed by atoms with Crippen molar-refractivity contribution in [1.29, 1.82) is 0 Å². The zero-order valence-corrected chi connectivity index (χ0v) is 11.6. The highest BCUT2D eigenvalue weighted by molar-refractivity contribution is 5.17. The number of aliphatic hydroxyl groups is 1. The van der Waals surface area contributed by atoms with Gasteiger partial charge < -0.3 is 5.11 Å².